The Morgan fingerprint density at radius 2 is 1.31 bits per heavy atom. The molecule has 0 saturated heterocycles. The highest BCUT2D eigenvalue weighted by Crippen LogP contribution is 2.23. The van der Waals surface area contributed by atoms with Crippen molar-refractivity contribution < 1.29 is 19.5 Å². The van der Waals surface area contributed by atoms with E-state index in [1.165, 1.54) is 7.11 Å². The zero-order chi connectivity index (χ0) is 26.7. The number of hydrogen-bond donors (Lipinski definition) is 2. The van der Waals surface area contributed by atoms with Crippen molar-refractivity contribution in [2.75, 3.05) is 14.2 Å². The normalized spacial score (nSPS) is 9.81. The minimum atomic E-state index is -1.43. The maximum absolute atomic E-state index is 8.74. The minimum Gasteiger partial charge on any atom is -0.497 e. The maximum Gasteiger partial charge on any atom is 0.488 e. The Hall–Kier alpha value is -3.53. The molecule has 0 spiro atoms. The lowest BCUT2D eigenvalue weighted by atomic mass is 9.80. The van der Waals surface area contributed by atoms with Gasteiger partial charge in [-0.05, 0) is 57.4 Å². The predicted molar refractivity (Wildman–Crippen MR) is 143 cm³/mol. The first kappa shape index (κ1) is 28.7. The molecule has 2 aromatic carbocycles. The second kappa shape index (κ2) is 14.1. The van der Waals surface area contributed by atoms with E-state index in [4.69, 9.17) is 31.1 Å². The lowest BCUT2D eigenvalue weighted by Gasteiger charge is -2.06. The molecule has 2 aromatic heterocycles. The Bertz CT molecular complexity index is 1270. The summed E-state index contributed by atoms with van der Waals surface area (Å²) in [7, 11) is 1.76. The van der Waals surface area contributed by atoms with Crippen LogP contribution in [0.4, 0.5) is 0 Å². The van der Waals surface area contributed by atoms with Gasteiger partial charge in [0.15, 0.2) is 0 Å². The van der Waals surface area contributed by atoms with Crippen molar-refractivity contribution >= 4 is 24.2 Å². The Balaban J connectivity index is 0.000000200. The molecule has 0 saturated carbocycles. The number of hydrogen-bond acceptors (Lipinski definition) is 8. The van der Waals surface area contributed by atoms with Gasteiger partial charge in [0.2, 0.25) is 0 Å². The van der Waals surface area contributed by atoms with Crippen molar-refractivity contribution in [1.29, 1.82) is 0 Å². The summed E-state index contributed by atoms with van der Waals surface area (Å²) in [6, 6.07) is 14.5. The zero-order valence-electron chi connectivity index (χ0n) is 21.2. The molecular weight excluding hydrogens is 479 g/mol. The largest absolute Gasteiger partial charge is 0.497 e. The molecule has 0 aliphatic carbocycles. The van der Waals surface area contributed by atoms with Gasteiger partial charge in [0, 0.05) is 18.0 Å². The molecule has 0 radical (unpaired) electrons. The number of methoxy groups -OCH3 is 2. The summed E-state index contributed by atoms with van der Waals surface area (Å²) in [6.07, 6.45) is 3.43. The molecule has 0 bridgehead atoms. The van der Waals surface area contributed by atoms with E-state index < -0.39 is 7.12 Å². The number of benzene rings is 2. The van der Waals surface area contributed by atoms with Gasteiger partial charge < -0.3 is 19.5 Å². The molecule has 2 heterocycles. The van der Waals surface area contributed by atoms with Crippen LogP contribution in [0.5, 0.6) is 11.5 Å². The lowest BCUT2D eigenvalue weighted by Crippen LogP contribution is -2.29. The number of aromatic nitrogens is 4. The summed E-state index contributed by atoms with van der Waals surface area (Å²) in [5.41, 5.74) is 5.93. The topological polar surface area (TPSA) is 110 Å². The Morgan fingerprint density at radius 3 is 1.83 bits per heavy atom. The van der Waals surface area contributed by atoms with Crippen LogP contribution in [0.2, 0.25) is 5.15 Å². The average molecular weight is 509 g/mol. The third-order valence-electron chi connectivity index (χ3n) is 4.81. The molecule has 0 atom stereocenters. The molecule has 0 unspecified atom stereocenters. The minimum absolute atomic E-state index is 0.435. The van der Waals surface area contributed by atoms with E-state index in [1.54, 1.807) is 43.8 Å². The molecule has 0 amide bonds. The molecule has 4 aromatic rings. The van der Waals surface area contributed by atoms with Gasteiger partial charge >= 0.3 is 7.12 Å². The van der Waals surface area contributed by atoms with E-state index in [9.17, 15) is 0 Å². The van der Waals surface area contributed by atoms with Crippen LogP contribution in [0.25, 0.3) is 11.3 Å². The van der Waals surface area contributed by atoms with Gasteiger partial charge in [-0.1, -0.05) is 35.9 Å². The van der Waals surface area contributed by atoms with Crippen molar-refractivity contribution in [2.24, 2.45) is 0 Å². The van der Waals surface area contributed by atoms with E-state index in [1.807, 2.05) is 52.0 Å². The number of ether oxygens (including phenoxy) is 2. The Morgan fingerprint density at radius 1 is 0.750 bits per heavy atom. The molecular formula is C26H30BClN4O4. The molecule has 0 aliphatic rings. The Labute approximate surface area is 217 Å². The van der Waals surface area contributed by atoms with Gasteiger partial charge in [-0.3, -0.25) is 15.0 Å². The van der Waals surface area contributed by atoms with Crippen LogP contribution < -0.4 is 14.9 Å². The summed E-state index contributed by atoms with van der Waals surface area (Å²) >= 11 is 5.61. The van der Waals surface area contributed by atoms with Gasteiger partial charge in [-0.25, -0.2) is 4.98 Å². The molecule has 36 heavy (non-hydrogen) atoms. The van der Waals surface area contributed by atoms with Crippen LogP contribution in [-0.4, -0.2) is 51.3 Å². The highest BCUT2D eigenvalue weighted by Gasteiger charge is 2.10. The smallest absolute Gasteiger partial charge is 0.488 e. The second-order valence-corrected chi connectivity index (χ2v) is 8.07. The molecule has 4 rings (SSSR count). The zero-order valence-corrected chi connectivity index (χ0v) is 22.0. The van der Waals surface area contributed by atoms with Crippen molar-refractivity contribution in [3.05, 3.63) is 88.9 Å². The molecule has 0 fully saturated rings. The first-order chi connectivity index (χ1) is 17.1. The Kier molecular flexibility index (Phi) is 11.3. The third-order valence-corrected chi connectivity index (χ3v) is 5.18. The van der Waals surface area contributed by atoms with Crippen LogP contribution >= 0.6 is 11.6 Å². The SMILES string of the molecule is COc1cccc(-c2ncc(C)nc2C)c1.COc1cccc(B(O)O)c1.Cc1cnc(Cl)c(C)n1. The van der Waals surface area contributed by atoms with Crippen molar-refractivity contribution in [3.63, 3.8) is 0 Å². The first-order valence-electron chi connectivity index (χ1n) is 11.0. The summed E-state index contributed by atoms with van der Waals surface area (Å²) < 4.78 is 10.1. The number of aryl methyl sites for hydroxylation is 4. The van der Waals surface area contributed by atoms with Gasteiger partial charge in [-0.2, -0.15) is 0 Å². The summed E-state index contributed by atoms with van der Waals surface area (Å²) in [6.45, 7) is 7.63. The number of halogens is 1. The van der Waals surface area contributed by atoms with Crippen LogP contribution in [0.3, 0.4) is 0 Å². The van der Waals surface area contributed by atoms with E-state index in [-0.39, 0.29) is 0 Å². The van der Waals surface area contributed by atoms with Crippen LogP contribution in [0.15, 0.2) is 60.9 Å². The molecule has 2 N–H and O–H groups in total. The molecule has 188 valence electrons. The van der Waals surface area contributed by atoms with Gasteiger partial charge in [-0.15, -0.1) is 0 Å². The predicted octanol–water partition coefficient (Wildman–Crippen LogP) is 3.89. The summed E-state index contributed by atoms with van der Waals surface area (Å²) in [5.74, 6) is 1.45. The fourth-order valence-corrected chi connectivity index (χ4v) is 3.13. The lowest BCUT2D eigenvalue weighted by molar-refractivity contribution is 0.412. The van der Waals surface area contributed by atoms with E-state index in [0.29, 0.717) is 16.4 Å². The monoisotopic (exact) mass is 508 g/mol. The second-order valence-electron chi connectivity index (χ2n) is 7.72. The van der Waals surface area contributed by atoms with Crippen molar-refractivity contribution in [2.45, 2.75) is 27.7 Å². The van der Waals surface area contributed by atoms with Crippen LogP contribution in [-0.2, 0) is 0 Å². The fourth-order valence-electron chi connectivity index (χ4n) is 3.04. The van der Waals surface area contributed by atoms with Gasteiger partial charge in [0.05, 0.1) is 42.7 Å². The molecule has 0 aliphatic heterocycles. The number of rotatable bonds is 4. The highest BCUT2D eigenvalue weighted by molar-refractivity contribution is 6.58. The van der Waals surface area contributed by atoms with E-state index >= 15 is 0 Å². The summed E-state index contributed by atoms with van der Waals surface area (Å²) in [4.78, 5) is 16.8. The quantitative estimate of drug-likeness (QED) is 0.400. The average Bonchev–Trinajstić information content (AvgIpc) is 2.87. The van der Waals surface area contributed by atoms with E-state index in [2.05, 4.69) is 19.9 Å². The number of nitrogens with zero attached hydrogens (tertiary/aromatic N) is 4. The first-order valence-corrected chi connectivity index (χ1v) is 11.4. The fraction of sp³-hybridized carbons (Fsp3) is 0.231. The van der Waals surface area contributed by atoms with Crippen LogP contribution in [0.1, 0.15) is 22.8 Å². The van der Waals surface area contributed by atoms with E-state index in [0.717, 1.165) is 39.8 Å². The van der Waals surface area contributed by atoms with Gasteiger partial charge in [0.25, 0.3) is 0 Å². The van der Waals surface area contributed by atoms with Gasteiger partial charge in [0.1, 0.15) is 16.7 Å². The standard InChI is InChI=1S/C13H14N2O.C7H9BO3.C6H7ClN2/c1-9-8-14-13(10(2)15-9)11-5-4-6-12(7-11)16-3;1-11-7-4-2-3-6(5-7)8(9)10;1-4-3-8-6(7)5(2)9-4/h4-8H,1-3H3;2-5,9-10H,1H3;3H,1-2H3. The summed E-state index contributed by atoms with van der Waals surface area (Å²) in [5, 5.41) is 18.0. The maximum atomic E-state index is 8.74. The third kappa shape index (κ3) is 8.92. The highest BCUT2D eigenvalue weighted by atomic mass is 35.5. The molecule has 10 heteroatoms. The van der Waals surface area contributed by atoms with Crippen molar-refractivity contribution in [1.82, 2.24) is 19.9 Å². The van der Waals surface area contributed by atoms with Crippen LogP contribution in [0, 0.1) is 27.7 Å². The molecule has 8 nitrogen and oxygen atoms in total. The van der Waals surface area contributed by atoms with Crippen molar-refractivity contribution in [3.8, 4) is 22.8 Å².